The summed E-state index contributed by atoms with van der Waals surface area (Å²) in [6, 6.07) is 10.8. The molecule has 0 spiro atoms. The first-order chi connectivity index (χ1) is 9.11. The average Bonchev–Trinajstić information content (AvgIpc) is 2.37. The minimum atomic E-state index is -0.746. The lowest BCUT2D eigenvalue weighted by molar-refractivity contribution is 0.575. The van der Waals surface area contributed by atoms with Gasteiger partial charge in [0.05, 0.1) is 0 Å². The third-order valence-corrected chi connectivity index (χ3v) is 4.23. The van der Waals surface area contributed by atoms with E-state index in [-0.39, 0.29) is 0 Å². The minimum Gasteiger partial charge on any atom is -0.542 e. The van der Waals surface area contributed by atoms with Crippen molar-refractivity contribution in [2.24, 2.45) is 0 Å². The van der Waals surface area contributed by atoms with Crippen LogP contribution < -0.4 is 4.43 Å². The van der Waals surface area contributed by atoms with Crippen molar-refractivity contribution in [3.8, 4) is 5.75 Å². The zero-order chi connectivity index (χ0) is 13.8. The Balaban J connectivity index is 2.52. The fourth-order valence-corrected chi connectivity index (χ4v) is 3.23. The fraction of sp³-hybridized carbons (Fsp3) is 0.375. The van der Waals surface area contributed by atoms with Gasteiger partial charge in [0.2, 0.25) is 0 Å². The highest BCUT2D eigenvalue weighted by atomic mass is 79.9. The monoisotopic (exact) mass is 335 g/mol. The molecule has 2 aromatic carbocycles. The van der Waals surface area contributed by atoms with Gasteiger partial charge in [-0.1, -0.05) is 41.4 Å². The van der Waals surface area contributed by atoms with Crippen LogP contribution in [0.1, 0.15) is 25.3 Å². The van der Waals surface area contributed by atoms with Gasteiger partial charge in [-0.3, -0.25) is 0 Å². The van der Waals surface area contributed by atoms with E-state index in [0.29, 0.717) is 0 Å². The summed E-state index contributed by atoms with van der Waals surface area (Å²) in [5, 5.41) is 2.48. The first kappa shape index (κ1) is 14.6. The van der Waals surface area contributed by atoms with E-state index in [2.05, 4.69) is 66.3 Å². The molecule has 0 aromatic heterocycles. The number of aryl methyl sites for hydroxylation is 1. The van der Waals surface area contributed by atoms with Crippen molar-refractivity contribution in [3.63, 3.8) is 0 Å². The second-order valence-electron chi connectivity index (χ2n) is 5.03. The summed E-state index contributed by atoms with van der Waals surface area (Å²) >= 11 is 3.53. The number of hydrogen-bond acceptors (Lipinski definition) is 1. The van der Waals surface area contributed by atoms with Gasteiger partial charge in [0.1, 0.15) is 5.75 Å². The molecule has 101 valence electrons. The standard InChI is InChI=1S/C16H20BrOSi/c1-4-5-6-12-7-8-13-11-14(17)9-10-15(13)16(12)18-19(2)3/h7-11H,4-6H2,1-3H3. The van der Waals surface area contributed by atoms with Gasteiger partial charge in [0.25, 0.3) is 9.04 Å². The molecule has 0 heterocycles. The lowest BCUT2D eigenvalue weighted by Crippen LogP contribution is -2.13. The summed E-state index contributed by atoms with van der Waals surface area (Å²) in [4.78, 5) is 0. The molecule has 0 aliphatic heterocycles. The fourth-order valence-electron chi connectivity index (χ4n) is 2.21. The van der Waals surface area contributed by atoms with E-state index in [9.17, 15) is 0 Å². The van der Waals surface area contributed by atoms with Crippen LogP contribution in [-0.4, -0.2) is 9.04 Å². The van der Waals surface area contributed by atoms with Gasteiger partial charge in [-0.15, -0.1) is 0 Å². The Morgan fingerprint density at radius 1 is 1.16 bits per heavy atom. The summed E-state index contributed by atoms with van der Waals surface area (Å²) in [6.07, 6.45) is 3.54. The van der Waals surface area contributed by atoms with Crippen molar-refractivity contribution in [2.75, 3.05) is 0 Å². The molecule has 2 aromatic rings. The largest absolute Gasteiger partial charge is 0.542 e. The highest BCUT2D eigenvalue weighted by Crippen LogP contribution is 2.33. The van der Waals surface area contributed by atoms with Crippen molar-refractivity contribution in [2.45, 2.75) is 39.3 Å². The number of halogens is 1. The van der Waals surface area contributed by atoms with Gasteiger partial charge in [0.15, 0.2) is 0 Å². The molecular weight excluding hydrogens is 316 g/mol. The molecule has 3 heteroatoms. The van der Waals surface area contributed by atoms with Crippen molar-refractivity contribution in [1.29, 1.82) is 0 Å². The Morgan fingerprint density at radius 3 is 2.63 bits per heavy atom. The predicted octanol–water partition coefficient (Wildman–Crippen LogP) is 5.57. The summed E-state index contributed by atoms with van der Waals surface area (Å²) < 4.78 is 7.30. The Labute approximate surface area is 125 Å². The van der Waals surface area contributed by atoms with E-state index >= 15 is 0 Å². The molecule has 19 heavy (non-hydrogen) atoms. The van der Waals surface area contributed by atoms with E-state index in [0.717, 1.165) is 16.6 Å². The van der Waals surface area contributed by atoms with E-state index in [1.807, 2.05) is 0 Å². The number of fused-ring (bicyclic) bond motifs is 1. The minimum absolute atomic E-state index is 0.746. The van der Waals surface area contributed by atoms with Crippen LogP contribution in [0.3, 0.4) is 0 Å². The molecule has 0 aliphatic rings. The van der Waals surface area contributed by atoms with Crippen LogP contribution in [0.2, 0.25) is 13.1 Å². The van der Waals surface area contributed by atoms with Gasteiger partial charge < -0.3 is 4.43 Å². The maximum absolute atomic E-state index is 6.18. The van der Waals surface area contributed by atoms with Gasteiger partial charge in [-0.05, 0) is 55.1 Å². The van der Waals surface area contributed by atoms with Crippen LogP contribution >= 0.6 is 15.9 Å². The van der Waals surface area contributed by atoms with Crippen LogP contribution in [0.25, 0.3) is 10.8 Å². The first-order valence-corrected chi connectivity index (χ1v) is 10.0. The average molecular weight is 336 g/mol. The lowest BCUT2D eigenvalue weighted by atomic mass is 10.0. The van der Waals surface area contributed by atoms with Crippen molar-refractivity contribution >= 4 is 35.7 Å². The second kappa shape index (κ2) is 6.57. The Hall–Kier alpha value is -0.803. The van der Waals surface area contributed by atoms with Crippen molar-refractivity contribution < 1.29 is 4.43 Å². The molecule has 0 fully saturated rings. The SMILES string of the molecule is CCCCc1ccc2cc(Br)ccc2c1O[Si](C)C. The van der Waals surface area contributed by atoms with Crippen LogP contribution in [0.5, 0.6) is 5.75 Å². The molecule has 1 nitrogen and oxygen atoms in total. The zero-order valence-electron chi connectivity index (χ0n) is 11.8. The smallest absolute Gasteiger partial charge is 0.274 e. The Morgan fingerprint density at radius 2 is 1.95 bits per heavy atom. The van der Waals surface area contributed by atoms with Crippen molar-refractivity contribution in [1.82, 2.24) is 0 Å². The van der Waals surface area contributed by atoms with Gasteiger partial charge in [-0.25, -0.2) is 0 Å². The highest BCUT2D eigenvalue weighted by Gasteiger charge is 2.11. The highest BCUT2D eigenvalue weighted by molar-refractivity contribution is 9.10. The Bertz CT molecular complexity index is 566. The number of benzene rings is 2. The normalized spacial score (nSPS) is 11.2. The molecule has 0 saturated heterocycles. The van der Waals surface area contributed by atoms with Gasteiger partial charge in [-0.2, -0.15) is 0 Å². The number of rotatable bonds is 5. The molecule has 0 saturated carbocycles. The van der Waals surface area contributed by atoms with Crippen molar-refractivity contribution in [3.05, 3.63) is 40.4 Å². The quantitative estimate of drug-likeness (QED) is 0.648. The van der Waals surface area contributed by atoms with Gasteiger partial charge >= 0.3 is 0 Å². The van der Waals surface area contributed by atoms with E-state index in [1.54, 1.807) is 0 Å². The lowest BCUT2D eigenvalue weighted by Gasteiger charge is -2.16. The van der Waals surface area contributed by atoms with E-state index in [4.69, 9.17) is 4.43 Å². The molecule has 1 radical (unpaired) electrons. The van der Waals surface area contributed by atoms with Crippen LogP contribution in [-0.2, 0) is 6.42 Å². The van der Waals surface area contributed by atoms with Crippen LogP contribution in [0.4, 0.5) is 0 Å². The topological polar surface area (TPSA) is 9.23 Å². The zero-order valence-corrected chi connectivity index (χ0v) is 14.4. The summed E-state index contributed by atoms with van der Waals surface area (Å²) in [7, 11) is -0.746. The number of unbranched alkanes of at least 4 members (excludes halogenated alkanes) is 1. The third-order valence-electron chi connectivity index (χ3n) is 3.12. The van der Waals surface area contributed by atoms with Crippen LogP contribution in [0.15, 0.2) is 34.8 Å². The van der Waals surface area contributed by atoms with Gasteiger partial charge in [0, 0.05) is 9.86 Å². The van der Waals surface area contributed by atoms with E-state index < -0.39 is 9.04 Å². The predicted molar refractivity (Wildman–Crippen MR) is 88.4 cm³/mol. The summed E-state index contributed by atoms with van der Waals surface area (Å²) in [6.45, 7) is 6.60. The molecule has 0 amide bonds. The summed E-state index contributed by atoms with van der Waals surface area (Å²) in [5.74, 6) is 1.11. The molecule has 2 rings (SSSR count). The molecule has 0 N–H and O–H groups in total. The first-order valence-electron chi connectivity index (χ1n) is 6.81. The molecule has 0 unspecified atom stereocenters. The maximum Gasteiger partial charge on any atom is 0.274 e. The maximum atomic E-state index is 6.18. The second-order valence-corrected chi connectivity index (χ2v) is 7.97. The number of hydrogen-bond donors (Lipinski definition) is 0. The van der Waals surface area contributed by atoms with Crippen LogP contribution in [0, 0.1) is 0 Å². The molecule has 0 atom stereocenters. The third kappa shape index (κ3) is 3.60. The Kier molecular flexibility index (Phi) is 5.05. The molecule has 0 aliphatic carbocycles. The molecular formula is C16H20BrOSi. The summed E-state index contributed by atoms with van der Waals surface area (Å²) in [5.41, 5.74) is 1.35. The molecule has 0 bridgehead atoms. The van der Waals surface area contributed by atoms with E-state index in [1.165, 1.54) is 29.2 Å².